The molecule has 3 rings (SSSR count). The molecule has 5 N–H and O–H groups in total. The first-order valence-electron chi connectivity index (χ1n) is 16.9. The summed E-state index contributed by atoms with van der Waals surface area (Å²) in [7, 11) is 2.44. The molecule has 0 radical (unpaired) electrons. The maximum atomic E-state index is 13.5. The molecule has 4 atom stereocenters. The number of ether oxygens (including phenoxy) is 3. The Kier molecular flexibility index (Phi) is 16.2. The van der Waals surface area contributed by atoms with Gasteiger partial charge >= 0.3 is 12.2 Å². The van der Waals surface area contributed by atoms with Crippen LogP contribution in [0, 0.1) is 11.8 Å². The van der Waals surface area contributed by atoms with Crippen LogP contribution in [0.25, 0.3) is 0 Å². The number of amides is 4. The summed E-state index contributed by atoms with van der Waals surface area (Å²) in [6.07, 6.45) is -2.47. The topological polar surface area (TPSA) is 168 Å². The average Bonchev–Trinajstić information content (AvgIpc) is 3.13. The van der Waals surface area contributed by atoms with Crippen molar-refractivity contribution in [1.82, 2.24) is 26.4 Å². The molecular formula is C38H51N5O8. The molecule has 0 heterocycles. The summed E-state index contributed by atoms with van der Waals surface area (Å²) in [6.45, 7) is 8.01. The average molecular weight is 706 g/mol. The van der Waals surface area contributed by atoms with Crippen LogP contribution in [-0.4, -0.2) is 73.1 Å². The number of hydrogen-bond acceptors (Lipinski definition) is 9. The molecule has 276 valence electrons. The number of carbonyl (C=O) groups is 4. The lowest BCUT2D eigenvalue weighted by atomic mass is 9.97. The Bertz CT molecular complexity index is 1520. The first-order chi connectivity index (χ1) is 24.4. The van der Waals surface area contributed by atoms with Crippen LogP contribution in [0.1, 0.15) is 56.8 Å². The Morgan fingerprint density at radius 2 is 1.22 bits per heavy atom. The summed E-state index contributed by atoms with van der Waals surface area (Å²) in [5.41, 5.74) is 5.45. The zero-order valence-corrected chi connectivity index (χ0v) is 30.1. The molecule has 51 heavy (non-hydrogen) atoms. The Morgan fingerprint density at radius 1 is 0.686 bits per heavy atom. The zero-order chi connectivity index (χ0) is 37.3. The highest BCUT2D eigenvalue weighted by molar-refractivity contribution is 5.86. The van der Waals surface area contributed by atoms with E-state index in [9.17, 15) is 24.3 Å². The fraction of sp³-hybridized carbons (Fsp3) is 0.421. The van der Waals surface area contributed by atoms with Gasteiger partial charge in [0.15, 0.2) is 0 Å². The molecule has 0 aliphatic heterocycles. The van der Waals surface area contributed by atoms with Crippen LogP contribution in [0.15, 0.2) is 84.9 Å². The van der Waals surface area contributed by atoms with Gasteiger partial charge in [0.1, 0.15) is 24.4 Å². The quantitative estimate of drug-likeness (QED) is 0.120. The molecule has 0 aromatic heterocycles. The monoisotopic (exact) mass is 705 g/mol. The second kappa shape index (κ2) is 20.5. The van der Waals surface area contributed by atoms with Crippen LogP contribution in [0.2, 0.25) is 0 Å². The largest absolute Gasteiger partial charge is 0.489 e. The third-order valence-electron chi connectivity index (χ3n) is 8.17. The molecule has 0 aliphatic rings. The number of nitrogens with zero attached hydrogens (tertiary/aromatic N) is 1. The highest BCUT2D eigenvalue weighted by atomic mass is 16.5. The molecule has 0 fully saturated rings. The predicted molar refractivity (Wildman–Crippen MR) is 192 cm³/mol. The molecule has 0 aliphatic carbocycles. The van der Waals surface area contributed by atoms with E-state index in [4.69, 9.17) is 14.2 Å². The summed E-state index contributed by atoms with van der Waals surface area (Å²) in [6, 6.07) is 23.6. The lowest BCUT2D eigenvalue weighted by Gasteiger charge is -2.31. The van der Waals surface area contributed by atoms with Crippen LogP contribution in [0.4, 0.5) is 9.59 Å². The molecule has 0 saturated carbocycles. The molecule has 3 aromatic rings. The summed E-state index contributed by atoms with van der Waals surface area (Å²) in [5.74, 6) is -0.807. The molecule has 0 spiro atoms. The second-order valence-corrected chi connectivity index (χ2v) is 12.8. The van der Waals surface area contributed by atoms with Crippen molar-refractivity contribution in [3.63, 3.8) is 0 Å². The first kappa shape index (κ1) is 40.3. The van der Waals surface area contributed by atoms with Gasteiger partial charge in [0.05, 0.1) is 26.4 Å². The number of carbonyl (C=O) groups excluding carboxylic acids is 4. The van der Waals surface area contributed by atoms with E-state index in [0.29, 0.717) is 17.9 Å². The molecule has 0 saturated heterocycles. The normalized spacial score (nSPS) is 13.5. The van der Waals surface area contributed by atoms with Crippen LogP contribution < -0.4 is 26.1 Å². The number of nitrogens with one attached hydrogen (secondary N) is 4. The van der Waals surface area contributed by atoms with Crippen LogP contribution in [0.5, 0.6) is 5.75 Å². The lowest BCUT2D eigenvalue weighted by molar-refractivity contribution is -0.129. The molecule has 3 aromatic carbocycles. The zero-order valence-electron chi connectivity index (χ0n) is 30.1. The van der Waals surface area contributed by atoms with Gasteiger partial charge < -0.3 is 35.3 Å². The van der Waals surface area contributed by atoms with Crippen molar-refractivity contribution >= 4 is 24.0 Å². The fourth-order valence-corrected chi connectivity index (χ4v) is 5.25. The Balaban J connectivity index is 1.81. The van der Waals surface area contributed by atoms with Crippen molar-refractivity contribution in [2.24, 2.45) is 11.8 Å². The van der Waals surface area contributed by atoms with Crippen molar-refractivity contribution in [3.8, 4) is 5.75 Å². The number of methoxy groups -OCH3 is 2. The first-order valence-corrected chi connectivity index (χ1v) is 16.9. The van der Waals surface area contributed by atoms with Gasteiger partial charge in [0, 0.05) is 13.1 Å². The van der Waals surface area contributed by atoms with E-state index in [2.05, 4.69) is 21.4 Å². The summed E-state index contributed by atoms with van der Waals surface area (Å²) in [5, 5.41) is 21.3. The van der Waals surface area contributed by atoms with Crippen LogP contribution in [0.3, 0.4) is 0 Å². The number of benzene rings is 3. The standard InChI is InChI=1S/C38H51N5O8/c1-25(2)32(40-37(47)49-5)35(45)39-34(29-15-11-8-12-16-29)31(44)21-22-43(42-36(46)33(26(3)4)41-38(48)50-6)23-27-17-19-30(20-18-27)51-24-28-13-9-7-10-14-28/h7-20,25-26,31-34,44H,21-24H2,1-6H3,(H,39,45)(H,40,47)(H,41,48)(H,42,46). The van der Waals surface area contributed by atoms with E-state index >= 15 is 0 Å². The highest BCUT2D eigenvalue weighted by Crippen LogP contribution is 2.21. The van der Waals surface area contributed by atoms with Gasteiger partial charge in [-0.1, -0.05) is 100 Å². The lowest BCUT2D eigenvalue weighted by Crippen LogP contribution is -2.55. The number of hydrogen-bond donors (Lipinski definition) is 5. The van der Waals surface area contributed by atoms with Gasteiger partial charge in [-0.15, -0.1) is 0 Å². The van der Waals surface area contributed by atoms with Crippen LogP contribution in [-0.2, 0) is 32.2 Å². The van der Waals surface area contributed by atoms with Gasteiger partial charge in [0.2, 0.25) is 5.91 Å². The summed E-state index contributed by atoms with van der Waals surface area (Å²) >= 11 is 0. The third kappa shape index (κ3) is 13.3. The van der Waals surface area contributed by atoms with E-state index in [1.54, 1.807) is 57.0 Å². The predicted octanol–water partition coefficient (Wildman–Crippen LogP) is 4.47. The second-order valence-electron chi connectivity index (χ2n) is 12.8. The van der Waals surface area contributed by atoms with E-state index in [0.717, 1.165) is 11.1 Å². The maximum Gasteiger partial charge on any atom is 0.407 e. The number of hydrazine groups is 1. The van der Waals surface area contributed by atoms with Crippen LogP contribution >= 0.6 is 0 Å². The van der Waals surface area contributed by atoms with Gasteiger partial charge in [-0.05, 0) is 47.1 Å². The SMILES string of the molecule is COC(=O)NC(C(=O)NC(c1ccccc1)C(O)CCN(Cc1ccc(OCc2ccccc2)cc1)NC(=O)C(NC(=O)OC)C(C)C)C(C)C. The Hall–Kier alpha value is -5.14. The molecular weight excluding hydrogens is 654 g/mol. The minimum Gasteiger partial charge on any atom is -0.489 e. The smallest absolute Gasteiger partial charge is 0.407 e. The maximum absolute atomic E-state index is 13.5. The van der Waals surface area contributed by atoms with Crippen molar-refractivity contribution in [1.29, 1.82) is 0 Å². The molecule has 4 unspecified atom stereocenters. The van der Waals surface area contributed by atoms with E-state index in [1.807, 2.05) is 60.7 Å². The fourth-order valence-electron chi connectivity index (χ4n) is 5.25. The number of aliphatic hydroxyl groups excluding tert-OH is 1. The van der Waals surface area contributed by atoms with Crippen molar-refractivity contribution in [2.45, 2.75) is 71.5 Å². The molecule has 4 amide bonds. The van der Waals surface area contributed by atoms with Gasteiger partial charge in [-0.3, -0.25) is 15.0 Å². The summed E-state index contributed by atoms with van der Waals surface area (Å²) in [4.78, 5) is 50.9. The Morgan fingerprint density at radius 3 is 1.75 bits per heavy atom. The van der Waals surface area contributed by atoms with E-state index in [-0.39, 0.29) is 31.3 Å². The van der Waals surface area contributed by atoms with Gasteiger partial charge in [-0.25, -0.2) is 14.6 Å². The molecule has 13 heteroatoms. The van der Waals surface area contributed by atoms with E-state index in [1.165, 1.54) is 14.2 Å². The molecule has 0 bridgehead atoms. The number of alkyl carbamates (subject to hydrolysis) is 2. The summed E-state index contributed by atoms with van der Waals surface area (Å²) < 4.78 is 15.4. The third-order valence-corrected chi connectivity index (χ3v) is 8.17. The van der Waals surface area contributed by atoms with Crippen molar-refractivity contribution < 1.29 is 38.5 Å². The van der Waals surface area contributed by atoms with Gasteiger partial charge in [0.25, 0.3) is 5.91 Å². The van der Waals surface area contributed by atoms with E-state index < -0.39 is 48.2 Å². The number of rotatable bonds is 18. The van der Waals surface area contributed by atoms with Crippen molar-refractivity contribution in [2.75, 3.05) is 20.8 Å². The minimum absolute atomic E-state index is 0.117. The Labute approximate surface area is 300 Å². The highest BCUT2D eigenvalue weighted by Gasteiger charge is 2.31. The number of aliphatic hydroxyl groups is 1. The minimum atomic E-state index is -1.11. The molecule has 13 nitrogen and oxygen atoms in total. The van der Waals surface area contributed by atoms with Crippen molar-refractivity contribution in [3.05, 3.63) is 102 Å². The van der Waals surface area contributed by atoms with Gasteiger partial charge in [-0.2, -0.15) is 0 Å².